The molecule has 0 saturated heterocycles. The van der Waals surface area contributed by atoms with Gasteiger partial charge < -0.3 is 5.11 Å². The molecule has 0 unspecified atom stereocenters. The molecule has 1 aromatic rings. The molecule has 1 nitrogen and oxygen atoms in total. The number of phenols is 1. The summed E-state index contributed by atoms with van der Waals surface area (Å²) in [6, 6.07) is 6.13. The van der Waals surface area contributed by atoms with Crippen LogP contribution in [0.25, 0.3) is 0 Å². The Balaban J connectivity index is 2.42. The van der Waals surface area contributed by atoms with Gasteiger partial charge in [-0.25, -0.2) is 0 Å². The molecule has 0 saturated carbocycles. The van der Waals surface area contributed by atoms with E-state index in [-0.39, 0.29) is 0 Å². The first-order chi connectivity index (χ1) is 8.77. The fourth-order valence-electron chi connectivity index (χ4n) is 2.29. The summed E-state index contributed by atoms with van der Waals surface area (Å²) in [6.45, 7) is 4.46. The summed E-state index contributed by atoms with van der Waals surface area (Å²) in [5.74, 6) is 0.478. The van der Waals surface area contributed by atoms with Crippen LogP contribution in [0.1, 0.15) is 69.9 Å². The molecule has 0 bridgehead atoms. The number of aryl methyl sites for hydroxylation is 2. The lowest BCUT2D eigenvalue weighted by Gasteiger charge is -2.08. The average molecular weight is 248 g/mol. The van der Waals surface area contributed by atoms with Crippen LogP contribution in [0.4, 0.5) is 0 Å². The molecule has 0 radical (unpaired) electrons. The second-order valence-corrected chi connectivity index (χ2v) is 5.23. The molecule has 1 N–H and O–H groups in total. The number of hydrogen-bond donors (Lipinski definition) is 1. The summed E-state index contributed by atoms with van der Waals surface area (Å²) in [5.41, 5.74) is 2.51. The summed E-state index contributed by atoms with van der Waals surface area (Å²) in [5, 5.41) is 9.86. The van der Waals surface area contributed by atoms with E-state index in [1.807, 2.05) is 6.07 Å². The van der Waals surface area contributed by atoms with Gasteiger partial charge in [-0.05, 0) is 42.9 Å². The summed E-state index contributed by atoms with van der Waals surface area (Å²) < 4.78 is 0. The molecule has 0 atom stereocenters. The van der Waals surface area contributed by atoms with Gasteiger partial charge in [0.1, 0.15) is 5.75 Å². The number of unbranched alkanes of at least 4 members (excludes halogenated alkanes) is 5. The number of aromatic hydroxyl groups is 1. The molecule has 102 valence electrons. The third-order valence-electron chi connectivity index (χ3n) is 3.51. The molecule has 0 aromatic heterocycles. The van der Waals surface area contributed by atoms with Crippen LogP contribution in [-0.2, 0) is 12.8 Å². The van der Waals surface area contributed by atoms with Crippen molar-refractivity contribution in [2.45, 2.75) is 71.6 Å². The zero-order valence-electron chi connectivity index (χ0n) is 12.0. The molecule has 0 amide bonds. The molecule has 18 heavy (non-hydrogen) atoms. The van der Waals surface area contributed by atoms with Gasteiger partial charge in [-0.2, -0.15) is 0 Å². The van der Waals surface area contributed by atoms with Crippen molar-refractivity contribution in [1.29, 1.82) is 0 Å². The van der Waals surface area contributed by atoms with Crippen LogP contribution in [0.5, 0.6) is 5.75 Å². The monoisotopic (exact) mass is 248 g/mol. The third-order valence-corrected chi connectivity index (χ3v) is 3.51. The van der Waals surface area contributed by atoms with E-state index in [1.165, 1.54) is 50.5 Å². The van der Waals surface area contributed by atoms with Gasteiger partial charge in [0.15, 0.2) is 0 Å². The number of rotatable bonds is 9. The standard InChI is InChI=1S/C17H28O/c1-3-5-7-8-9-11-16-14-15(10-6-4-2)12-13-17(16)18/h12-14,18H,3-11H2,1-2H3. The summed E-state index contributed by atoms with van der Waals surface area (Å²) in [7, 11) is 0. The van der Waals surface area contributed by atoms with E-state index in [0.29, 0.717) is 5.75 Å². The van der Waals surface area contributed by atoms with Crippen LogP contribution in [-0.4, -0.2) is 5.11 Å². The van der Waals surface area contributed by atoms with Gasteiger partial charge in [0.05, 0.1) is 0 Å². The highest BCUT2D eigenvalue weighted by Crippen LogP contribution is 2.22. The van der Waals surface area contributed by atoms with Gasteiger partial charge in [-0.15, -0.1) is 0 Å². The molecular weight excluding hydrogens is 220 g/mol. The Hall–Kier alpha value is -0.980. The lowest BCUT2D eigenvalue weighted by molar-refractivity contribution is 0.465. The van der Waals surface area contributed by atoms with E-state index < -0.39 is 0 Å². The van der Waals surface area contributed by atoms with Crippen LogP contribution >= 0.6 is 0 Å². The van der Waals surface area contributed by atoms with Crippen molar-refractivity contribution in [2.24, 2.45) is 0 Å². The lowest BCUT2D eigenvalue weighted by atomic mass is 10.0. The Kier molecular flexibility index (Phi) is 7.55. The minimum Gasteiger partial charge on any atom is -0.508 e. The summed E-state index contributed by atoms with van der Waals surface area (Å²) >= 11 is 0. The van der Waals surface area contributed by atoms with Crippen molar-refractivity contribution in [3.05, 3.63) is 29.3 Å². The minimum atomic E-state index is 0.478. The molecule has 0 spiro atoms. The topological polar surface area (TPSA) is 20.2 Å². The van der Waals surface area contributed by atoms with Crippen LogP contribution in [0.2, 0.25) is 0 Å². The highest BCUT2D eigenvalue weighted by Gasteiger charge is 2.03. The van der Waals surface area contributed by atoms with Crippen molar-refractivity contribution in [3.63, 3.8) is 0 Å². The Morgan fingerprint density at radius 1 is 0.833 bits per heavy atom. The van der Waals surface area contributed by atoms with Crippen LogP contribution in [0.3, 0.4) is 0 Å². The van der Waals surface area contributed by atoms with Crippen LogP contribution < -0.4 is 0 Å². The van der Waals surface area contributed by atoms with Gasteiger partial charge in [0.25, 0.3) is 0 Å². The largest absolute Gasteiger partial charge is 0.508 e. The van der Waals surface area contributed by atoms with Crippen molar-refractivity contribution >= 4 is 0 Å². The van der Waals surface area contributed by atoms with Crippen LogP contribution in [0.15, 0.2) is 18.2 Å². The maximum Gasteiger partial charge on any atom is 0.118 e. The molecule has 0 heterocycles. The molecule has 1 aromatic carbocycles. The normalized spacial score (nSPS) is 10.8. The maximum atomic E-state index is 9.86. The first-order valence-corrected chi connectivity index (χ1v) is 7.58. The van der Waals surface area contributed by atoms with E-state index in [2.05, 4.69) is 26.0 Å². The smallest absolute Gasteiger partial charge is 0.118 e. The van der Waals surface area contributed by atoms with Gasteiger partial charge in [0, 0.05) is 0 Å². The minimum absolute atomic E-state index is 0.478. The highest BCUT2D eigenvalue weighted by atomic mass is 16.3. The first kappa shape index (κ1) is 15.1. The zero-order chi connectivity index (χ0) is 13.2. The molecule has 0 aliphatic rings. The SMILES string of the molecule is CCCCCCCc1cc(CCCC)ccc1O. The van der Waals surface area contributed by atoms with E-state index >= 15 is 0 Å². The molecule has 1 heteroatoms. The second-order valence-electron chi connectivity index (χ2n) is 5.23. The predicted octanol–water partition coefficient (Wildman–Crippen LogP) is 5.25. The molecule has 0 fully saturated rings. The fourth-order valence-corrected chi connectivity index (χ4v) is 2.29. The van der Waals surface area contributed by atoms with Gasteiger partial charge in [-0.3, -0.25) is 0 Å². The maximum absolute atomic E-state index is 9.86. The quantitative estimate of drug-likeness (QED) is 0.592. The fraction of sp³-hybridized carbons (Fsp3) is 0.647. The summed E-state index contributed by atoms with van der Waals surface area (Å²) in [4.78, 5) is 0. The van der Waals surface area contributed by atoms with Gasteiger partial charge >= 0.3 is 0 Å². The van der Waals surface area contributed by atoms with Crippen molar-refractivity contribution in [3.8, 4) is 5.75 Å². The lowest BCUT2D eigenvalue weighted by Crippen LogP contribution is -1.91. The Bertz CT molecular complexity index is 330. The Morgan fingerprint density at radius 3 is 2.28 bits per heavy atom. The third kappa shape index (κ3) is 5.57. The zero-order valence-corrected chi connectivity index (χ0v) is 12.0. The first-order valence-electron chi connectivity index (χ1n) is 7.58. The van der Waals surface area contributed by atoms with E-state index in [4.69, 9.17) is 0 Å². The van der Waals surface area contributed by atoms with Gasteiger partial charge in [0.2, 0.25) is 0 Å². The predicted molar refractivity (Wildman–Crippen MR) is 79.2 cm³/mol. The van der Waals surface area contributed by atoms with E-state index in [0.717, 1.165) is 18.4 Å². The summed E-state index contributed by atoms with van der Waals surface area (Å²) in [6.07, 6.45) is 11.1. The van der Waals surface area contributed by atoms with Crippen LogP contribution in [0, 0.1) is 0 Å². The van der Waals surface area contributed by atoms with E-state index in [9.17, 15) is 5.11 Å². The molecule has 0 aliphatic carbocycles. The second kappa shape index (κ2) is 9.02. The molecule has 1 rings (SSSR count). The molecular formula is C17H28O. The number of benzene rings is 1. The van der Waals surface area contributed by atoms with Crippen molar-refractivity contribution in [1.82, 2.24) is 0 Å². The Morgan fingerprint density at radius 2 is 1.56 bits per heavy atom. The van der Waals surface area contributed by atoms with E-state index in [1.54, 1.807) is 0 Å². The van der Waals surface area contributed by atoms with Crippen molar-refractivity contribution < 1.29 is 5.11 Å². The molecule has 0 aliphatic heterocycles. The Labute approximate surface area is 112 Å². The highest BCUT2D eigenvalue weighted by molar-refractivity contribution is 5.36. The average Bonchev–Trinajstić information content (AvgIpc) is 2.39. The van der Waals surface area contributed by atoms with Gasteiger partial charge in [-0.1, -0.05) is 58.1 Å². The number of hydrogen-bond acceptors (Lipinski definition) is 1. The number of phenolic OH excluding ortho intramolecular Hbond substituents is 1. The van der Waals surface area contributed by atoms with Crippen molar-refractivity contribution in [2.75, 3.05) is 0 Å².